The molecule has 2 rings (SSSR count). The molecule has 1 heterocycles. The largest absolute Gasteiger partial charge is 0.365 e. The van der Waals surface area contributed by atoms with Crippen molar-refractivity contribution in [3.05, 3.63) is 29.6 Å². The highest BCUT2D eigenvalue weighted by atomic mass is 19.1. The predicted molar refractivity (Wildman–Crippen MR) is 77.9 cm³/mol. The second-order valence-electron chi connectivity index (χ2n) is 5.72. The molecule has 2 N–H and O–H groups in total. The van der Waals surface area contributed by atoms with Crippen molar-refractivity contribution >= 4 is 5.69 Å². The van der Waals surface area contributed by atoms with E-state index in [0.29, 0.717) is 11.7 Å². The van der Waals surface area contributed by atoms with E-state index in [1.807, 2.05) is 13.0 Å². The highest BCUT2D eigenvalue weighted by Crippen LogP contribution is 2.33. The summed E-state index contributed by atoms with van der Waals surface area (Å²) in [6, 6.07) is 5.45. The summed E-state index contributed by atoms with van der Waals surface area (Å²) >= 11 is 0. The molecule has 0 bridgehead atoms. The van der Waals surface area contributed by atoms with Gasteiger partial charge in [-0.15, -0.1) is 0 Å². The quantitative estimate of drug-likeness (QED) is 0.907. The topological polar surface area (TPSA) is 32.5 Å². The summed E-state index contributed by atoms with van der Waals surface area (Å²) in [6.45, 7) is 3.78. The third kappa shape index (κ3) is 3.07. The van der Waals surface area contributed by atoms with Crippen LogP contribution in [-0.2, 0) is 0 Å². The molecule has 0 aromatic heterocycles. The normalized spacial score (nSPS) is 21.2. The van der Waals surface area contributed by atoms with Crippen LogP contribution in [0.15, 0.2) is 18.2 Å². The zero-order valence-corrected chi connectivity index (χ0v) is 12.1. The zero-order valence-electron chi connectivity index (χ0n) is 12.1. The Labute approximate surface area is 115 Å². The highest BCUT2D eigenvalue weighted by Gasteiger charge is 2.29. The number of nitrogens with two attached hydrogens (primary N) is 1. The third-order valence-corrected chi connectivity index (χ3v) is 3.75. The van der Waals surface area contributed by atoms with Crippen molar-refractivity contribution in [3.8, 4) is 0 Å². The maximum atomic E-state index is 14.3. The van der Waals surface area contributed by atoms with Crippen LogP contribution in [0, 0.1) is 5.82 Å². The lowest BCUT2D eigenvalue weighted by molar-refractivity contribution is 0.371. The average molecular weight is 265 g/mol. The lowest BCUT2D eigenvalue weighted by Crippen LogP contribution is -2.38. The van der Waals surface area contributed by atoms with E-state index in [2.05, 4.69) is 23.9 Å². The minimum Gasteiger partial charge on any atom is -0.365 e. The van der Waals surface area contributed by atoms with Gasteiger partial charge in [-0.3, -0.25) is 0 Å². The Morgan fingerprint density at radius 3 is 2.84 bits per heavy atom. The van der Waals surface area contributed by atoms with Gasteiger partial charge in [0.2, 0.25) is 0 Å². The fourth-order valence-corrected chi connectivity index (χ4v) is 2.94. The number of nitrogens with zero attached hydrogens (tertiary/aromatic N) is 2. The zero-order chi connectivity index (χ0) is 14.0. The first-order chi connectivity index (χ1) is 9.00. The van der Waals surface area contributed by atoms with Gasteiger partial charge in [0.1, 0.15) is 5.82 Å². The van der Waals surface area contributed by atoms with Gasteiger partial charge < -0.3 is 15.5 Å². The van der Waals surface area contributed by atoms with Gasteiger partial charge in [0.25, 0.3) is 0 Å². The first kappa shape index (κ1) is 14.3. The molecular formula is C15H24FN3. The smallest absolute Gasteiger partial charge is 0.146 e. The molecule has 1 aromatic rings. The molecular weight excluding hydrogens is 241 g/mol. The molecule has 19 heavy (non-hydrogen) atoms. The molecule has 4 heteroatoms. The highest BCUT2D eigenvalue weighted by molar-refractivity contribution is 5.57. The Hall–Kier alpha value is -1.13. The van der Waals surface area contributed by atoms with Crippen LogP contribution in [0.25, 0.3) is 0 Å². The van der Waals surface area contributed by atoms with Crippen molar-refractivity contribution in [1.82, 2.24) is 4.90 Å². The van der Waals surface area contributed by atoms with E-state index in [0.717, 1.165) is 31.5 Å². The van der Waals surface area contributed by atoms with Gasteiger partial charge in [-0.25, -0.2) is 4.39 Å². The monoisotopic (exact) mass is 265 g/mol. The summed E-state index contributed by atoms with van der Waals surface area (Å²) in [5.74, 6) is -0.152. The van der Waals surface area contributed by atoms with Crippen LogP contribution >= 0.6 is 0 Å². The predicted octanol–water partition coefficient (Wildman–Crippen LogP) is 2.38. The molecule has 0 amide bonds. The van der Waals surface area contributed by atoms with Crippen molar-refractivity contribution in [2.45, 2.75) is 31.8 Å². The lowest BCUT2D eigenvalue weighted by Gasteiger charge is -2.31. The van der Waals surface area contributed by atoms with Crippen molar-refractivity contribution < 1.29 is 4.39 Å². The van der Waals surface area contributed by atoms with Gasteiger partial charge in [-0.05, 0) is 45.5 Å². The number of para-hydroxylation sites is 1. The average Bonchev–Trinajstić information content (AvgIpc) is 2.75. The molecule has 1 fully saturated rings. The molecule has 1 saturated heterocycles. The second-order valence-corrected chi connectivity index (χ2v) is 5.72. The van der Waals surface area contributed by atoms with Crippen LogP contribution in [-0.4, -0.2) is 38.1 Å². The van der Waals surface area contributed by atoms with E-state index in [1.165, 1.54) is 6.07 Å². The Kier molecular flexibility index (Phi) is 4.42. The van der Waals surface area contributed by atoms with Gasteiger partial charge in [0, 0.05) is 25.2 Å². The van der Waals surface area contributed by atoms with Gasteiger partial charge >= 0.3 is 0 Å². The molecule has 0 radical (unpaired) electrons. The lowest BCUT2D eigenvalue weighted by atomic mass is 10.0. The van der Waals surface area contributed by atoms with Crippen LogP contribution in [0.4, 0.5) is 10.1 Å². The van der Waals surface area contributed by atoms with E-state index < -0.39 is 0 Å². The van der Waals surface area contributed by atoms with E-state index in [-0.39, 0.29) is 11.9 Å². The number of anilines is 1. The van der Waals surface area contributed by atoms with E-state index in [1.54, 1.807) is 6.07 Å². The fraction of sp³-hybridized carbons (Fsp3) is 0.600. The third-order valence-electron chi connectivity index (χ3n) is 3.75. The van der Waals surface area contributed by atoms with E-state index in [4.69, 9.17) is 5.73 Å². The molecule has 2 atom stereocenters. The maximum Gasteiger partial charge on any atom is 0.146 e. The van der Waals surface area contributed by atoms with Crippen LogP contribution in [0.2, 0.25) is 0 Å². The number of rotatable bonds is 4. The SMILES string of the molecule is CC(N)c1cccc(F)c1N1CCCC1CN(C)C. The Morgan fingerprint density at radius 1 is 1.47 bits per heavy atom. The minimum atomic E-state index is -0.152. The van der Waals surface area contributed by atoms with Crippen molar-refractivity contribution in [2.75, 3.05) is 32.1 Å². The molecule has 1 aromatic carbocycles. The van der Waals surface area contributed by atoms with Crippen molar-refractivity contribution in [2.24, 2.45) is 5.73 Å². The van der Waals surface area contributed by atoms with Crippen LogP contribution in [0.1, 0.15) is 31.4 Å². The van der Waals surface area contributed by atoms with Crippen molar-refractivity contribution in [1.29, 1.82) is 0 Å². The van der Waals surface area contributed by atoms with Gasteiger partial charge in [-0.1, -0.05) is 12.1 Å². The Bertz CT molecular complexity index is 431. The molecule has 106 valence electrons. The summed E-state index contributed by atoms with van der Waals surface area (Å²) in [5, 5.41) is 0. The Balaban J connectivity index is 2.34. The molecule has 0 aliphatic carbocycles. The molecule has 0 spiro atoms. The number of likely N-dealkylation sites (N-methyl/N-ethyl adjacent to an activating group) is 1. The molecule has 2 unspecified atom stereocenters. The number of halogens is 1. The molecule has 1 aliphatic rings. The Morgan fingerprint density at radius 2 is 2.21 bits per heavy atom. The molecule has 0 saturated carbocycles. The fourth-order valence-electron chi connectivity index (χ4n) is 2.94. The first-order valence-electron chi connectivity index (χ1n) is 6.96. The summed E-state index contributed by atoms with van der Waals surface area (Å²) in [7, 11) is 4.12. The van der Waals surface area contributed by atoms with Gasteiger partial charge in [-0.2, -0.15) is 0 Å². The second kappa shape index (κ2) is 5.88. The summed E-state index contributed by atoms with van der Waals surface area (Å²) in [4.78, 5) is 4.36. The number of hydrogen-bond acceptors (Lipinski definition) is 3. The summed E-state index contributed by atoms with van der Waals surface area (Å²) in [5.41, 5.74) is 7.61. The van der Waals surface area contributed by atoms with Crippen LogP contribution in [0.3, 0.4) is 0 Å². The van der Waals surface area contributed by atoms with Gasteiger partial charge in [0.05, 0.1) is 5.69 Å². The summed E-state index contributed by atoms with van der Waals surface area (Å²) < 4.78 is 14.3. The van der Waals surface area contributed by atoms with Crippen LogP contribution in [0.5, 0.6) is 0 Å². The summed E-state index contributed by atoms with van der Waals surface area (Å²) in [6.07, 6.45) is 2.23. The van der Waals surface area contributed by atoms with E-state index in [9.17, 15) is 4.39 Å². The first-order valence-corrected chi connectivity index (χ1v) is 6.96. The minimum absolute atomic E-state index is 0.147. The number of benzene rings is 1. The maximum absolute atomic E-state index is 14.3. The van der Waals surface area contributed by atoms with Gasteiger partial charge in [0.15, 0.2) is 0 Å². The van der Waals surface area contributed by atoms with Crippen LogP contribution < -0.4 is 10.6 Å². The van der Waals surface area contributed by atoms with Crippen molar-refractivity contribution in [3.63, 3.8) is 0 Å². The standard InChI is InChI=1S/C15H24FN3/c1-11(17)13-7-4-8-14(16)15(13)19-9-5-6-12(19)10-18(2)3/h4,7-8,11-12H,5-6,9-10,17H2,1-3H3. The molecule has 3 nitrogen and oxygen atoms in total. The number of hydrogen-bond donors (Lipinski definition) is 1. The van der Waals surface area contributed by atoms with E-state index >= 15 is 0 Å². The molecule has 1 aliphatic heterocycles.